The molecule has 3 heteroatoms. The van der Waals surface area contributed by atoms with Gasteiger partial charge in [-0.3, -0.25) is 0 Å². The predicted octanol–water partition coefficient (Wildman–Crippen LogP) is 2.86. The number of thiazole rings is 1. The van der Waals surface area contributed by atoms with E-state index in [-0.39, 0.29) is 0 Å². The molecular formula is C12H10N2S. The van der Waals surface area contributed by atoms with E-state index in [0.29, 0.717) is 6.54 Å². The fraction of sp³-hybridized carbons (Fsp3) is 0.0833. The summed E-state index contributed by atoms with van der Waals surface area (Å²) in [5.74, 6) is 2.55. The molecule has 74 valence electrons. The smallest absolute Gasteiger partial charge is 0.123 e. The topological polar surface area (TPSA) is 24.9 Å². The van der Waals surface area contributed by atoms with Gasteiger partial charge >= 0.3 is 0 Å². The molecule has 0 aliphatic carbocycles. The first kappa shape index (κ1) is 9.75. The molecule has 1 heterocycles. The fourth-order valence-corrected chi connectivity index (χ4v) is 1.92. The highest BCUT2D eigenvalue weighted by molar-refractivity contribution is 7.13. The average molecular weight is 214 g/mol. The summed E-state index contributed by atoms with van der Waals surface area (Å²) in [6.07, 6.45) is 6.99. The van der Waals surface area contributed by atoms with Crippen LogP contribution in [0.1, 0.15) is 0 Å². The van der Waals surface area contributed by atoms with Crippen LogP contribution in [0, 0.1) is 12.3 Å². The Kier molecular flexibility index (Phi) is 3.01. The van der Waals surface area contributed by atoms with Crippen LogP contribution in [-0.4, -0.2) is 11.5 Å². The van der Waals surface area contributed by atoms with Crippen molar-refractivity contribution in [2.75, 3.05) is 11.9 Å². The van der Waals surface area contributed by atoms with Crippen molar-refractivity contribution in [2.24, 2.45) is 0 Å². The molecule has 0 amide bonds. The van der Waals surface area contributed by atoms with Gasteiger partial charge in [0, 0.05) is 22.8 Å². The molecule has 0 aliphatic rings. The number of nitrogens with one attached hydrogen (secondary N) is 1. The van der Waals surface area contributed by atoms with Crippen molar-refractivity contribution in [3.05, 3.63) is 35.8 Å². The van der Waals surface area contributed by atoms with Gasteiger partial charge in [-0.15, -0.1) is 17.8 Å². The summed E-state index contributed by atoms with van der Waals surface area (Å²) >= 11 is 1.63. The zero-order valence-corrected chi connectivity index (χ0v) is 8.92. The molecule has 2 nitrogen and oxygen atoms in total. The standard InChI is InChI=1S/C12H10N2S/c1-2-6-13-11-5-3-4-10(9-11)12-14-7-8-15-12/h1,3-5,7-9,13H,6H2. The molecule has 0 radical (unpaired) electrons. The van der Waals surface area contributed by atoms with Crippen molar-refractivity contribution in [3.8, 4) is 22.9 Å². The Hall–Kier alpha value is -1.79. The highest BCUT2D eigenvalue weighted by Crippen LogP contribution is 2.24. The average Bonchev–Trinajstić information content (AvgIpc) is 2.80. The lowest BCUT2D eigenvalue weighted by Gasteiger charge is -2.03. The molecule has 0 saturated carbocycles. The van der Waals surface area contributed by atoms with Crippen molar-refractivity contribution in [1.82, 2.24) is 4.98 Å². The summed E-state index contributed by atoms with van der Waals surface area (Å²) in [6.45, 7) is 0.543. The van der Waals surface area contributed by atoms with Gasteiger partial charge in [0.1, 0.15) is 5.01 Å². The van der Waals surface area contributed by atoms with E-state index >= 15 is 0 Å². The molecule has 1 aromatic heterocycles. The second-order valence-electron chi connectivity index (χ2n) is 2.98. The molecular weight excluding hydrogens is 204 g/mol. The lowest BCUT2D eigenvalue weighted by Crippen LogP contribution is -1.97. The Labute approximate surface area is 93.0 Å². The van der Waals surface area contributed by atoms with Gasteiger partial charge in [0.15, 0.2) is 0 Å². The molecule has 0 unspecified atom stereocenters. The van der Waals surface area contributed by atoms with E-state index in [1.807, 2.05) is 29.8 Å². The van der Waals surface area contributed by atoms with E-state index in [0.717, 1.165) is 16.3 Å². The Morgan fingerprint density at radius 3 is 3.13 bits per heavy atom. The third-order valence-corrected chi connectivity index (χ3v) is 2.76. The zero-order chi connectivity index (χ0) is 10.5. The third kappa shape index (κ3) is 2.36. The molecule has 0 aliphatic heterocycles. The van der Waals surface area contributed by atoms with Gasteiger partial charge in [-0.1, -0.05) is 18.1 Å². The lowest BCUT2D eigenvalue weighted by atomic mass is 10.2. The molecule has 0 atom stereocenters. The molecule has 2 rings (SSSR count). The van der Waals surface area contributed by atoms with Gasteiger partial charge in [-0.05, 0) is 12.1 Å². The number of hydrogen-bond acceptors (Lipinski definition) is 3. The number of terminal acetylenes is 1. The maximum Gasteiger partial charge on any atom is 0.123 e. The summed E-state index contributed by atoms with van der Waals surface area (Å²) in [4.78, 5) is 4.26. The Morgan fingerprint density at radius 1 is 1.47 bits per heavy atom. The fourth-order valence-electron chi connectivity index (χ4n) is 1.28. The zero-order valence-electron chi connectivity index (χ0n) is 8.10. The van der Waals surface area contributed by atoms with E-state index in [9.17, 15) is 0 Å². The van der Waals surface area contributed by atoms with Gasteiger partial charge in [-0.2, -0.15) is 0 Å². The maximum atomic E-state index is 5.19. The molecule has 15 heavy (non-hydrogen) atoms. The summed E-state index contributed by atoms with van der Waals surface area (Å²) in [7, 11) is 0. The summed E-state index contributed by atoms with van der Waals surface area (Å²) in [5.41, 5.74) is 2.15. The number of rotatable bonds is 3. The Bertz CT molecular complexity index is 469. The van der Waals surface area contributed by atoms with Crippen molar-refractivity contribution in [2.45, 2.75) is 0 Å². The number of aromatic nitrogens is 1. The SMILES string of the molecule is C#CCNc1cccc(-c2nccs2)c1. The van der Waals surface area contributed by atoms with Gasteiger partial charge in [0.2, 0.25) is 0 Å². The number of hydrogen-bond donors (Lipinski definition) is 1. The minimum absolute atomic E-state index is 0.543. The number of anilines is 1. The molecule has 2 aromatic rings. The lowest BCUT2D eigenvalue weighted by molar-refractivity contribution is 1.37. The largest absolute Gasteiger partial charge is 0.374 e. The van der Waals surface area contributed by atoms with Gasteiger partial charge in [0.05, 0.1) is 6.54 Å². The summed E-state index contributed by atoms with van der Waals surface area (Å²) in [5, 5.41) is 6.13. The minimum atomic E-state index is 0.543. The van der Waals surface area contributed by atoms with Crippen molar-refractivity contribution >= 4 is 17.0 Å². The van der Waals surface area contributed by atoms with Crippen molar-refractivity contribution in [3.63, 3.8) is 0 Å². The van der Waals surface area contributed by atoms with Crippen LogP contribution >= 0.6 is 11.3 Å². The van der Waals surface area contributed by atoms with E-state index in [2.05, 4.69) is 22.3 Å². The van der Waals surface area contributed by atoms with Gasteiger partial charge < -0.3 is 5.32 Å². The molecule has 1 N–H and O–H groups in total. The molecule has 0 bridgehead atoms. The predicted molar refractivity (Wildman–Crippen MR) is 64.9 cm³/mol. The second-order valence-corrected chi connectivity index (χ2v) is 3.87. The quantitative estimate of drug-likeness (QED) is 0.795. The van der Waals surface area contributed by atoms with Crippen LogP contribution in [0.5, 0.6) is 0 Å². The van der Waals surface area contributed by atoms with Crippen molar-refractivity contribution < 1.29 is 0 Å². The van der Waals surface area contributed by atoms with Crippen LogP contribution in [0.4, 0.5) is 5.69 Å². The highest BCUT2D eigenvalue weighted by atomic mass is 32.1. The third-order valence-electron chi connectivity index (χ3n) is 1.94. The van der Waals surface area contributed by atoms with Crippen LogP contribution in [-0.2, 0) is 0 Å². The van der Waals surface area contributed by atoms with Crippen LogP contribution in [0.25, 0.3) is 10.6 Å². The maximum absolute atomic E-state index is 5.19. The van der Waals surface area contributed by atoms with E-state index in [1.165, 1.54) is 0 Å². The number of nitrogens with zero attached hydrogens (tertiary/aromatic N) is 1. The van der Waals surface area contributed by atoms with E-state index in [1.54, 1.807) is 11.3 Å². The molecule has 0 saturated heterocycles. The monoisotopic (exact) mass is 214 g/mol. The first-order valence-corrected chi connectivity index (χ1v) is 5.45. The first-order valence-electron chi connectivity index (χ1n) is 4.57. The van der Waals surface area contributed by atoms with Crippen molar-refractivity contribution in [1.29, 1.82) is 0 Å². The van der Waals surface area contributed by atoms with Crippen LogP contribution < -0.4 is 5.32 Å². The van der Waals surface area contributed by atoms with E-state index in [4.69, 9.17) is 6.42 Å². The second kappa shape index (κ2) is 4.63. The number of benzene rings is 1. The highest BCUT2D eigenvalue weighted by Gasteiger charge is 2.00. The summed E-state index contributed by atoms with van der Waals surface area (Å²) < 4.78 is 0. The first-order chi connectivity index (χ1) is 7.40. The van der Waals surface area contributed by atoms with Gasteiger partial charge in [-0.25, -0.2) is 4.98 Å². The normalized spacial score (nSPS) is 9.53. The summed E-state index contributed by atoms with van der Waals surface area (Å²) in [6, 6.07) is 8.08. The molecule has 1 aromatic carbocycles. The van der Waals surface area contributed by atoms with Gasteiger partial charge in [0.25, 0.3) is 0 Å². The van der Waals surface area contributed by atoms with Crippen LogP contribution in [0.2, 0.25) is 0 Å². The van der Waals surface area contributed by atoms with Crippen LogP contribution in [0.15, 0.2) is 35.8 Å². The Morgan fingerprint density at radius 2 is 2.40 bits per heavy atom. The molecule has 0 spiro atoms. The minimum Gasteiger partial charge on any atom is -0.374 e. The van der Waals surface area contributed by atoms with E-state index < -0.39 is 0 Å². The van der Waals surface area contributed by atoms with Crippen LogP contribution in [0.3, 0.4) is 0 Å². The Balaban J connectivity index is 2.24. The molecule has 0 fully saturated rings.